The number of anilines is 2. The Morgan fingerprint density at radius 3 is 2.75 bits per heavy atom. The Hall–Kier alpha value is -2.37. The van der Waals surface area contributed by atoms with Crippen LogP contribution in [0.15, 0.2) is 30.1 Å². The number of nitrogens with one attached hydrogen (secondary N) is 3. The molecule has 1 aromatic heterocycles. The van der Waals surface area contributed by atoms with Crippen molar-refractivity contribution in [2.24, 2.45) is 0 Å². The lowest BCUT2D eigenvalue weighted by Crippen LogP contribution is -2.18. The molecule has 1 amide bonds. The van der Waals surface area contributed by atoms with E-state index in [1.54, 1.807) is 12.4 Å². The summed E-state index contributed by atoms with van der Waals surface area (Å²) in [6.07, 6.45) is 5.77. The van der Waals surface area contributed by atoms with Crippen LogP contribution in [0.2, 0.25) is 0 Å². The minimum Gasteiger partial charge on any atom is -0.360 e. The molecule has 0 unspecified atom stereocenters. The molecule has 0 aromatic carbocycles. The molecule has 2 aliphatic heterocycles. The smallest absolute Gasteiger partial charge is 0.254 e. The average Bonchev–Trinajstić information content (AvgIpc) is 3.09. The van der Waals surface area contributed by atoms with E-state index in [-0.39, 0.29) is 5.91 Å². The summed E-state index contributed by atoms with van der Waals surface area (Å²) in [5.74, 6) is 0.788. The predicted octanol–water partition coefficient (Wildman–Crippen LogP) is 1.13. The number of rotatable bonds is 3. The highest BCUT2D eigenvalue weighted by atomic mass is 16.2. The predicted molar refractivity (Wildman–Crippen MR) is 78.1 cm³/mol. The van der Waals surface area contributed by atoms with Crippen LogP contribution in [0.3, 0.4) is 0 Å². The molecule has 0 radical (unpaired) electrons. The third-order valence-electron chi connectivity index (χ3n) is 3.56. The first-order valence-electron chi connectivity index (χ1n) is 6.78. The lowest BCUT2D eigenvalue weighted by atomic mass is 10.2. The van der Waals surface area contributed by atoms with Crippen molar-refractivity contribution in [3.63, 3.8) is 0 Å². The molecule has 6 heteroatoms. The molecule has 104 valence electrons. The van der Waals surface area contributed by atoms with E-state index < -0.39 is 0 Å². The number of aromatic nitrogens is 1. The van der Waals surface area contributed by atoms with Crippen molar-refractivity contribution in [2.45, 2.75) is 12.8 Å². The summed E-state index contributed by atoms with van der Waals surface area (Å²) in [4.78, 5) is 18.1. The molecule has 2 fully saturated rings. The summed E-state index contributed by atoms with van der Waals surface area (Å²) >= 11 is 0. The van der Waals surface area contributed by atoms with Crippen molar-refractivity contribution < 1.29 is 4.79 Å². The molecule has 0 spiro atoms. The van der Waals surface area contributed by atoms with E-state index in [4.69, 9.17) is 5.41 Å². The van der Waals surface area contributed by atoms with Crippen molar-refractivity contribution in [3.05, 3.63) is 30.1 Å². The monoisotopic (exact) mass is 271 g/mol. The van der Waals surface area contributed by atoms with Crippen molar-refractivity contribution >= 4 is 23.1 Å². The van der Waals surface area contributed by atoms with Gasteiger partial charge >= 0.3 is 0 Å². The summed E-state index contributed by atoms with van der Waals surface area (Å²) in [5.41, 5.74) is 1.51. The molecule has 2 saturated heterocycles. The zero-order valence-electron chi connectivity index (χ0n) is 11.1. The Balaban J connectivity index is 1.67. The van der Waals surface area contributed by atoms with Crippen LogP contribution in [0.25, 0.3) is 0 Å². The zero-order chi connectivity index (χ0) is 13.9. The van der Waals surface area contributed by atoms with Crippen LogP contribution < -0.4 is 15.5 Å². The SMILES string of the molecule is N=C1CNC(=O)/C1=C/Nc1ccc(N2CCCC2)nc1. The molecule has 3 heterocycles. The third-order valence-corrected chi connectivity index (χ3v) is 3.56. The van der Waals surface area contributed by atoms with Crippen molar-refractivity contribution in [1.29, 1.82) is 5.41 Å². The van der Waals surface area contributed by atoms with Gasteiger partial charge in [-0.3, -0.25) is 4.79 Å². The minimum atomic E-state index is -0.204. The first-order chi connectivity index (χ1) is 9.74. The Bertz CT molecular complexity index is 539. The lowest BCUT2D eigenvalue weighted by Gasteiger charge is -2.16. The van der Waals surface area contributed by atoms with Gasteiger partial charge in [0.1, 0.15) is 5.82 Å². The highest BCUT2D eigenvalue weighted by molar-refractivity contribution is 6.26. The molecule has 20 heavy (non-hydrogen) atoms. The van der Waals surface area contributed by atoms with Crippen molar-refractivity contribution in [1.82, 2.24) is 10.3 Å². The van der Waals surface area contributed by atoms with E-state index in [0.717, 1.165) is 24.6 Å². The van der Waals surface area contributed by atoms with Gasteiger partial charge in [-0.05, 0) is 25.0 Å². The Morgan fingerprint density at radius 1 is 1.35 bits per heavy atom. The second-order valence-electron chi connectivity index (χ2n) is 4.96. The summed E-state index contributed by atoms with van der Waals surface area (Å²) in [5, 5.41) is 13.3. The van der Waals surface area contributed by atoms with Gasteiger partial charge < -0.3 is 20.9 Å². The van der Waals surface area contributed by atoms with E-state index in [1.807, 2.05) is 12.1 Å². The standard InChI is InChI=1S/C14H17N5O/c15-12-9-18-14(20)11(12)8-16-10-3-4-13(17-7-10)19-5-1-2-6-19/h3-4,7-8,15-16H,1-2,5-6,9H2,(H,18,20)/b11-8+,15-12?. The highest BCUT2D eigenvalue weighted by Crippen LogP contribution is 2.19. The Morgan fingerprint density at radius 2 is 2.15 bits per heavy atom. The number of nitrogens with zero attached hydrogens (tertiary/aromatic N) is 2. The molecule has 3 rings (SSSR count). The number of hydrogen-bond acceptors (Lipinski definition) is 5. The molecule has 2 aliphatic rings. The second-order valence-corrected chi connectivity index (χ2v) is 4.96. The summed E-state index contributed by atoms with van der Waals surface area (Å²) in [7, 11) is 0. The molecule has 0 atom stereocenters. The molecule has 6 nitrogen and oxygen atoms in total. The van der Waals surface area contributed by atoms with E-state index in [9.17, 15) is 4.79 Å². The molecule has 0 bridgehead atoms. The maximum Gasteiger partial charge on any atom is 0.254 e. The number of pyridine rings is 1. The number of hydrogen-bond donors (Lipinski definition) is 3. The lowest BCUT2D eigenvalue weighted by molar-refractivity contribution is -0.116. The van der Waals surface area contributed by atoms with Gasteiger partial charge in [0.15, 0.2) is 0 Å². The van der Waals surface area contributed by atoms with Gasteiger partial charge in [-0.1, -0.05) is 0 Å². The molecule has 0 aliphatic carbocycles. The third kappa shape index (κ3) is 2.49. The van der Waals surface area contributed by atoms with Crippen LogP contribution in [0.4, 0.5) is 11.5 Å². The summed E-state index contributed by atoms with van der Waals surface area (Å²) in [6, 6.07) is 3.92. The van der Waals surface area contributed by atoms with Gasteiger partial charge in [0.2, 0.25) is 0 Å². The van der Waals surface area contributed by atoms with Gasteiger partial charge in [0, 0.05) is 19.3 Å². The van der Waals surface area contributed by atoms with Crippen molar-refractivity contribution in [3.8, 4) is 0 Å². The molecule has 3 N–H and O–H groups in total. The fourth-order valence-corrected chi connectivity index (χ4v) is 2.41. The Kier molecular flexibility index (Phi) is 3.37. The fraction of sp³-hybridized carbons (Fsp3) is 0.357. The van der Waals surface area contributed by atoms with Crippen LogP contribution >= 0.6 is 0 Å². The number of amides is 1. The normalized spacial score (nSPS) is 20.6. The van der Waals surface area contributed by atoms with Gasteiger partial charge in [-0.25, -0.2) is 4.98 Å². The zero-order valence-corrected chi connectivity index (χ0v) is 11.1. The van der Waals surface area contributed by atoms with E-state index in [2.05, 4.69) is 20.5 Å². The molecule has 1 aromatic rings. The largest absolute Gasteiger partial charge is 0.360 e. The average molecular weight is 271 g/mol. The topological polar surface area (TPSA) is 81.1 Å². The van der Waals surface area contributed by atoms with Crippen LogP contribution in [0.1, 0.15) is 12.8 Å². The minimum absolute atomic E-state index is 0.204. The van der Waals surface area contributed by atoms with Gasteiger partial charge in [-0.15, -0.1) is 0 Å². The van der Waals surface area contributed by atoms with Crippen LogP contribution in [-0.2, 0) is 4.79 Å². The number of carbonyl (C=O) groups is 1. The maximum absolute atomic E-state index is 11.5. The molecular weight excluding hydrogens is 254 g/mol. The van der Waals surface area contributed by atoms with Crippen LogP contribution in [-0.4, -0.2) is 36.2 Å². The van der Waals surface area contributed by atoms with Crippen LogP contribution in [0, 0.1) is 5.41 Å². The first-order valence-corrected chi connectivity index (χ1v) is 6.78. The van der Waals surface area contributed by atoms with Gasteiger partial charge in [0.05, 0.1) is 29.7 Å². The number of carbonyl (C=O) groups excluding carboxylic acids is 1. The van der Waals surface area contributed by atoms with E-state index in [0.29, 0.717) is 17.8 Å². The molecule has 0 saturated carbocycles. The quantitative estimate of drug-likeness (QED) is 0.720. The second kappa shape index (κ2) is 5.32. The Labute approximate surface area is 117 Å². The highest BCUT2D eigenvalue weighted by Gasteiger charge is 2.21. The maximum atomic E-state index is 11.5. The van der Waals surface area contributed by atoms with E-state index >= 15 is 0 Å². The summed E-state index contributed by atoms with van der Waals surface area (Å²) in [6.45, 7) is 2.45. The van der Waals surface area contributed by atoms with E-state index in [1.165, 1.54) is 12.8 Å². The summed E-state index contributed by atoms with van der Waals surface area (Å²) < 4.78 is 0. The van der Waals surface area contributed by atoms with Crippen LogP contribution in [0.5, 0.6) is 0 Å². The van der Waals surface area contributed by atoms with Crippen molar-refractivity contribution in [2.75, 3.05) is 29.9 Å². The van der Waals surface area contributed by atoms with Gasteiger partial charge in [-0.2, -0.15) is 0 Å². The van der Waals surface area contributed by atoms with Gasteiger partial charge in [0.25, 0.3) is 5.91 Å². The fourth-order valence-electron chi connectivity index (χ4n) is 2.41. The first kappa shape index (κ1) is 12.7. The molecular formula is C14H17N5O.